The molecular formula is C12H17NO4S. The Kier molecular flexibility index (Phi) is 4.48. The van der Waals surface area contributed by atoms with Crippen molar-refractivity contribution in [3.63, 3.8) is 0 Å². The fraction of sp³-hybridized carbons (Fsp3) is 0.417. The summed E-state index contributed by atoms with van der Waals surface area (Å²) in [5, 5.41) is 8.98. The SMILES string of the molecule is Cc1cccc(S(=O)(=O)N[C@H](C(=O)O)C(C)C)c1. The van der Waals surface area contributed by atoms with Crippen molar-refractivity contribution in [2.75, 3.05) is 0 Å². The van der Waals surface area contributed by atoms with E-state index in [-0.39, 0.29) is 10.8 Å². The lowest BCUT2D eigenvalue weighted by Gasteiger charge is -2.18. The summed E-state index contributed by atoms with van der Waals surface area (Å²) in [6, 6.07) is 5.21. The molecule has 0 aliphatic carbocycles. The molecule has 0 bridgehead atoms. The number of benzene rings is 1. The Labute approximate surface area is 107 Å². The molecule has 0 saturated carbocycles. The zero-order valence-electron chi connectivity index (χ0n) is 10.5. The van der Waals surface area contributed by atoms with Gasteiger partial charge in [-0.2, -0.15) is 4.72 Å². The summed E-state index contributed by atoms with van der Waals surface area (Å²) in [6.45, 7) is 5.07. The molecule has 0 fully saturated rings. The number of sulfonamides is 1. The molecule has 0 amide bonds. The van der Waals surface area contributed by atoms with Gasteiger partial charge in [-0.05, 0) is 30.5 Å². The van der Waals surface area contributed by atoms with Gasteiger partial charge in [-0.25, -0.2) is 8.42 Å². The van der Waals surface area contributed by atoms with Crippen molar-refractivity contribution < 1.29 is 18.3 Å². The highest BCUT2D eigenvalue weighted by atomic mass is 32.2. The van der Waals surface area contributed by atoms with Crippen LogP contribution in [0.2, 0.25) is 0 Å². The predicted molar refractivity (Wildman–Crippen MR) is 67.8 cm³/mol. The monoisotopic (exact) mass is 271 g/mol. The highest BCUT2D eigenvalue weighted by Gasteiger charge is 2.27. The minimum atomic E-state index is -3.80. The molecule has 5 nitrogen and oxygen atoms in total. The van der Waals surface area contributed by atoms with Crippen LogP contribution in [0.15, 0.2) is 29.2 Å². The van der Waals surface area contributed by atoms with Gasteiger partial charge in [0.15, 0.2) is 0 Å². The van der Waals surface area contributed by atoms with Gasteiger partial charge in [0.2, 0.25) is 10.0 Å². The maximum atomic E-state index is 12.0. The van der Waals surface area contributed by atoms with Crippen LogP contribution >= 0.6 is 0 Å². The Morgan fingerprint density at radius 3 is 2.39 bits per heavy atom. The van der Waals surface area contributed by atoms with E-state index in [9.17, 15) is 13.2 Å². The standard InChI is InChI=1S/C12H17NO4S/c1-8(2)11(12(14)15)13-18(16,17)10-6-4-5-9(3)7-10/h4-8,11,13H,1-3H3,(H,14,15)/t11-/m0/s1. The smallest absolute Gasteiger partial charge is 0.322 e. The molecule has 100 valence electrons. The number of nitrogens with one attached hydrogen (secondary N) is 1. The molecular weight excluding hydrogens is 254 g/mol. The van der Waals surface area contributed by atoms with Gasteiger partial charge in [-0.15, -0.1) is 0 Å². The molecule has 0 heterocycles. The Hall–Kier alpha value is -1.40. The third kappa shape index (κ3) is 3.54. The van der Waals surface area contributed by atoms with Crippen molar-refractivity contribution in [3.05, 3.63) is 29.8 Å². The van der Waals surface area contributed by atoms with Crippen molar-refractivity contribution in [2.24, 2.45) is 5.92 Å². The van der Waals surface area contributed by atoms with Crippen LogP contribution in [0.25, 0.3) is 0 Å². The first-order valence-electron chi connectivity index (χ1n) is 5.56. The van der Waals surface area contributed by atoms with E-state index in [0.29, 0.717) is 0 Å². The van der Waals surface area contributed by atoms with Crippen molar-refractivity contribution in [1.29, 1.82) is 0 Å². The zero-order chi connectivity index (χ0) is 13.9. The molecule has 1 aromatic rings. The summed E-state index contributed by atoms with van der Waals surface area (Å²) in [5.74, 6) is -1.51. The van der Waals surface area contributed by atoms with Crippen molar-refractivity contribution in [2.45, 2.75) is 31.7 Å². The second kappa shape index (κ2) is 5.49. The molecule has 0 unspecified atom stereocenters. The average Bonchev–Trinajstić information content (AvgIpc) is 2.25. The molecule has 0 aliphatic heterocycles. The third-order valence-corrected chi connectivity index (χ3v) is 3.95. The fourth-order valence-corrected chi connectivity index (χ4v) is 2.93. The Bertz CT molecular complexity index is 537. The van der Waals surface area contributed by atoms with Gasteiger partial charge in [0.25, 0.3) is 0 Å². The zero-order valence-corrected chi connectivity index (χ0v) is 11.4. The molecule has 0 saturated heterocycles. The van der Waals surface area contributed by atoms with E-state index in [4.69, 9.17) is 5.11 Å². The van der Waals surface area contributed by atoms with Crippen molar-refractivity contribution in [1.82, 2.24) is 4.72 Å². The minimum Gasteiger partial charge on any atom is -0.480 e. The van der Waals surface area contributed by atoms with E-state index in [1.54, 1.807) is 32.9 Å². The first kappa shape index (κ1) is 14.7. The molecule has 0 aliphatic rings. The average molecular weight is 271 g/mol. The fourth-order valence-electron chi connectivity index (χ4n) is 1.49. The Morgan fingerprint density at radius 1 is 1.33 bits per heavy atom. The molecule has 0 radical (unpaired) electrons. The summed E-state index contributed by atoms with van der Waals surface area (Å²) in [6.07, 6.45) is 0. The summed E-state index contributed by atoms with van der Waals surface area (Å²) >= 11 is 0. The molecule has 1 atom stereocenters. The van der Waals surface area contributed by atoms with E-state index in [1.165, 1.54) is 12.1 Å². The number of carboxylic acid groups (broad SMARTS) is 1. The number of rotatable bonds is 5. The van der Waals surface area contributed by atoms with Gasteiger partial charge in [0, 0.05) is 0 Å². The van der Waals surface area contributed by atoms with E-state index in [2.05, 4.69) is 4.72 Å². The molecule has 18 heavy (non-hydrogen) atoms. The number of aliphatic carboxylic acids is 1. The van der Waals surface area contributed by atoms with Crippen LogP contribution in [0.3, 0.4) is 0 Å². The second-order valence-electron chi connectivity index (χ2n) is 4.50. The van der Waals surface area contributed by atoms with Crippen LogP contribution in [-0.2, 0) is 14.8 Å². The maximum Gasteiger partial charge on any atom is 0.322 e. The van der Waals surface area contributed by atoms with Gasteiger partial charge >= 0.3 is 5.97 Å². The second-order valence-corrected chi connectivity index (χ2v) is 6.21. The first-order valence-corrected chi connectivity index (χ1v) is 7.04. The normalized spacial score (nSPS) is 13.6. The summed E-state index contributed by atoms with van der Waals surface area (Å²) in [7, 11) is -3.80. The number of hydrogen-bond acceptors (Lipinski definition) is 3. The van der Waals surface area contributed by atoms with Crippen LogP contribution in [-0.4, -0.2) is 25.5 Å². The van der Waals surface area contributed by atoms with Gasteiger partial charge in [0.1, 0.15) is 6.04 Å². The van der Waals surface area contributed by atoms with Crippen LogP contribution in [0, 0.1) is 12.8 Å². The van der Waals surface area contributed by atoms with Gasteiger partial charge < -0.3 is 5.11 Å². The van der Waals surface area contributed by atoms with E-state index in [0.717, 1.165) is 5.56 Å². The lowest BCUT2D eigenvalue weighted by atomic mass is 10.1. The van der Waals surface area contributed by atoms with Gasteiger partial charge in [-0.1, -0.05) is 26.0 Å². The Balaban J connectivity index is 3.05. The lowest BCUT2D eigenvalue weighted by Crippen LogP contribution is -2.44. The van der Waals surface area contributed by atoms with Crippen LogP contribution in [0.5, 0.6) is 0 Å². The number of aryl methyl sites for hydroxylation is 1. The van der Waals surface area contributed by atoms with E-state index >= 15 is 0 Å². The largest absolute Gasteiger partial charge is 0.480 e. The number of carbonyl (C=O) groups is 1. The van der Waals surface area contributed by atoms with E-state index in [1.807, 2.05) is 0 Å². The predicted octanol–water partition coefficient (Wildman–Crippen LogP) is 1.38. The molecule has 0 aromatic heterocycles. The van der Waals surface area contributed by atoms with Gasteiger partial charge in [-0.3, -0.25) is 4.79 Å². The molecule has 2 N–H and O–H groups in total. The molecule has 1 rings (SSSR count). The summed E-state index contributed by atoms with van der Waals surface area (Å²) in [5.41, 5.74) is 0.800. The molecule has 6 heteroatoms. The van der Waals surface area contributed by atoms with Gasteiger partial charge in [0.05, 0.1) is 4.90 Å². The Morgan fingerprint density at radius 2 is 1.94 bits per heavy atom. The summed E-state index contributed by atoms with van der Waals surface area (Å²) in [4.78, 5) is 11.1. The molecule has 0 spiro atoms. The highest BCUT2D eigenvalue weighted by molar-refractivity contribution is 7.89. The highest BCUT2D eigenvalue weighted by Crippen LogP contribution is 2.13. The van der Waals surface area contributed by atoms with Crippen molar-refractivity contribution >= 4 is 16.0 Å². The number of hydrogen-bond donors (Lipinski definition) is 2. The topological polar surface area (TPSA) is 83.5 Å². The number of carboxylic acids is 1. The third-order valence-electron chi connectivity index (χ3n) is 2.51. The molecule has 1 aromatic carbocycles. The van der Waals surface area contributed by atoms with Crippen LogP contribution < -0.4 is 4.72 Å². The first-order chi connectivity index (χ1) is 8.24. The maximum absolute atomic E-state index is 12.0. The minimum absolute atomic E-state index is 0.0781. The van der Waals surface area contributed by atoms with Crippen LogP contribution in [0.4, 0.5) is 0 Å². The van der Waals surface area contributed by atoms with E-state index < -0.39 is 22.0 Å². The summed E-state index contributed by atoms with van der Waals surface area (Å²) < 4.78 is 26.3. The lowest BCUT2D eigenvalue weighted by molar-refractivity contribution is -0.140. The van der Waals surface area contributed by atoms with Crippen molar-refractivity contribution in [3.8, 4) is 0 Å². The quantitative estimate of drug-likeness (QED) is 0.847. The van der Waals surface area contributed by atoms with Crippen LogP contribution in [0.1, 0.15) is 19.4 Å².